The van der Waals surface area contributed by atoms with Crippen molar-refractivity contribution >= 4 is 11.9 Å². The molecular weight excluding hydrogens is 222 g/mol. The smallest absolute Gasteiger partial charge is 0.305 e. The number of carboxylic acid groups (broad SMARTS) is 1. The number of amides is 1. The van der Waals surface area contributed by atoms with Gasteiger partial charge in [-0.3, -0.25) is 9.59 Å². The molecule has 0 aliphatic carbocycles. The molecule has 0 aliphatic rings. The van der Waals surface area contributed by atoms with Crippen LogP contribution in [0.1, 0.15) is 26.7 Å². The van der Waals surface area contributed by atoms with E-state index in [1.54, 1.807) is 0 Å². The van der Waals surface area contributed by atoms with Crippen LogP contribution in [0.3, 0.4) is 0 Å². The van der Waals surface area contributed by atoms with E-state index in [1.807, 2.05) is 0 Å². The highest BCUT2D eigenvalue weighted by Crippen LogP contribution is 1.91. The summed E-state index contributed by atoms with van der Waals surface area (Å²) in [5.41, 5.74) is 5.42. The van der Waals surface area contributed by atoms with Crippen molar-refractivity contribution in [1.29, 1.82) is 0 Å². The van der Waals surface area contributed by atoms with Crippen molar-refractivity contribution in [3.8, 4) is 0 Å². The van der Waals surface area contributed by atoms with Crippen LogP contribution in [0.4, 0.5) is 0 Å². The Morgan fingerprint density at radius 2 is 2.00 bits per heavy atom. The lowest BCUT2D eigenvalue weighted by Crippen LogP contribution is -2.44. The van der Waals surface area contributed by atoms with Gasteiger partial charge in [0, 0.05) is 13.1 Å². The van der Waals surface area contributed by atoms with E-state index in [0.29, 0.717) is 6.54 Å². The zero-order valence-corrected chi connectivity index (χ0v) is 10.6. The zero-order chi connectivity index (χ0) is 13.3. The maximum atomic E-state index is 11.4. The Labute approximate surface area is 102 Å². The lowest BCUT2D eigenvalue weighted by Gasteiger charge is -2.20. The van der Waals surface area contributed by atoms with E-state index in [1.165, 1.54) is 0 Å². The minimum absolute atomic E-state index is 0.335. The van der Waals surface area contributed by atoms with Crippen molar-refractivity contribution in [1.82, 2.24) is 10.2 Å². The molecule has 0 aliphatic heterocycles. The van der Waals surface area contributed by atoms with Gasteiger partial charge in [0.2, 0.25) is 5.91 Å². The fourth-order valence-electron chi connectivity index (χ4n) is 1.49. The third kappa shape index (κ3) is 7.70. The number of rotatable bonds is 9. The molecule has 0 saturated carbocycles. The fourth-order valence-corrected chi connectivity index (χ4v) is 1.49. The first kappa shape index (κ1) is 15.9. The van der Waals surface area contributed by atoms with Gasteiger partial charge in [0.25, 0.3) is 0 Å². The topological polar surface area (TPSA) is 95.7 Å². The molecule has 4 N–H and O–H groups in total. The van der Waals surface area contributed by atoms with Crippen LogP contribution in [0.2, 0.25) is 0 Å². The van der Waals surface area contributed by atoms with Crippen LogP contribution in [0.15, 0.2) is 0 Å². The molecule has 1 atom stereocenters. The van der Waals surface area contributed by atoms with Gasteiger partial charge in [-0.1, -0.05) is 13.8 Å². The molecule has 0 heterocycles. The number of hydrogen-bond acceptors (Lipinski definition) is 4. The van der Waals surface area contributed by atoms with E-state index in [4.69, 9.17) is 10.8 Å². The summed E-state index contributed by atoms with van der Waals surface area (Å²) in [7, 11) is 0. The Hall–Kier alpha value is -1.14. The van der Waals surface area contributed by atoms with Gasteiger partial charge in [-0.05, 0) is 19.5 Å². The highest BCUT2D eigenvalue weighted by Gasteiger charge is 2.16. The van der Waals surface area contributed by atoms with E-state index < -0.39 is 17.9 Å². The molecule has 0 aromatic carbocycles. The lowest BCUT2D eigenvalue weighted by molar-refractivity contribution is -0.139. The fraction of sp³-hybridized carbons (Fsp3) is 0.818. The minimum atomic E-state index is -1.06. The second-order valence-electron chi connectivity index (χ2n) is 3.93. The summed E-state index contributed by atoms with van der Waals surface area (Å²) in [5, 5.41) is 11.1. The number of carboxylic acids is 1. The van der Waals surface area contributed by atoms with E-state index in [2.05, 4.69) is 24.1 Å². The molecule has 6 nitrogen and oxygen atoms in total. The van der Waals surface area contributed by atoms with Gasteiger partial charge in [-0.2, -0.15) is 0 Å². The van der Waals surface area contributed by atoms with E-state index >= 15 is 0 Å². The lowest BCUT2D eigenvalue weighted by atomic mass is 10.2. The van der Waals surface area contributed by atoms with Crippen LogP contribution in [-0.2, 0) is 9.59 Å². The SMILES string of the molecule is CCCN(CC)CCNC(=O)C(N)CC(=O)O. The van der Waals surface area contributed by atoms with Gasteiger partial charge in [0.15, 0.2) is 0 Å². The number of likely N-dealkylation sites (N-methyl/N-ethyl adjacent to an activating group) is 1. The summed E-state index contributed by atoms with van der Waals surface area (Å²) in [5.74, 6) is -1.46. The number of carbonyl (C=O) groups excluding carboxylic acids is 1. The van der Waals surface area contributed by atoms with Crippen LogP contribution in [0.5, 0.6) is 0 Å². The van der Waals surface area contributed by atoms with Crippen molar-refractivity contribution in [3.63, 3.8) is 0 Å². The second kappa shape index (κ2) is 8.95. The molecule has 6 heteroatoms. The molecule has 17 heavy (non-hydrogen) atoms. The molecule has 1 amide bonds. The molecule has 0 aromatic heterocycles. The van der Waals surface area contributed by atoms with Crippen LogP contribution in [0, 0.1) is 0 Å². The molecule has 0 aromatic rings. The third-order valence-electron chi connectivity index (χ3n) is 2.45. The molecule has 0 radical (unpaired) electrons. The van der Waals surface area contributed by atoms with Crippen LogP contribution < -0.4 is 11.1 Å². The first-order valence-corrected chi connectivity index (χ1v) is 5.98. The summed E-state index contributed by atoms with van der Waals surface area (Å²) in [6, 6.07) is -0.964. The maximum Gasteiger partial charge on any atom is 0.305 e. The van der Waals surface area contributed by atoms with E-state index in [9.17, 15) is 9.59 Å². The summed E-state index contributed by atoms with van der Waals surface area (Å²) in [6.07, 6.45) is 0.735. The quantitative estimate of drug-likeness (QED) is 0.515. The van der Waals surface area contributed by atoms with Gasteiger partial charge in [-0.25, -0.2) is 0 Å². The first-order valence-electron chi connectivity index (χ1n) is 5.98. The van der Waals surface area contributed by atoms with E-state index in [-0.39, 0.29) is 6.42 Å². The molecule has 0 rings (SSSR count). The predicted octanol–water partition coefficient (Wildman–Crippen LogP) is -0.363. The van der Waals surface area contributed by atoms with Crippen LogP contribution >= 0.6 is 0 Å². The Kier molecular flexibility index (Phi) is 8.35. The molecule has 0 spiro atoms. The first-order chi connectivity index (χ1) is 8.01. The number of nitrogens with one attached hydrogen (secondary N) is 1. The van der Waals surface area contributed by atoms with Gasteiger partial charge in [0.05, 0.1) is 12.5 Å². The largest absolute Gasteiger partial charge is 0.481 e. The summed E-state index contributed by atoms with van der Waals surface area (Å²) >= 11 is 0. The summed E-state index contributed by atoms with van der Waals surface area (Å²) in [6.45, 7) is 7.35. The second-order valence-corrected chi connectivity index (χ2v) is 3.93. The summed E-state index contributed by atoms with van der Waals surface area (Å²) in [4.78, 5) is 24.0. The maximum absolute atomic E-state index is 11.4. The minimum Gasteiger partial charge on any atom is -0.481 e. The number of carbonyl (C=O) groups is 2. The van der Waals surface area contributed by atoms with Crippen molar-refractivity contribution < 1.29 is 14.7 Å². The normalized spacial score (nSPS) is 12.5. The van der Waals surface area contributed by atoms with E-state index in [0.717, 1.165) is 26.1 Å². The van der Waals surface area contributed by atoms with Gasteiger partial charge < -0.3 is 21.1 Å². The Balaban J connectivity index is 3.79. The van der Waals surface area contributed by atoms with Gasteiger partial charge in [0.1, 0.15) is 0 Å². The molecule has 0 saturated heterocycles. The predicted molar refractivity (Wildman–Crippen MR) is 65.6 cm³/mol. The highest BCUT2D eigenvalue weighted by molar-refractivity contribution is 5.85. The van der Waals surface area contributed by atoms with Gasteiger partial charge >= 0.3 is 5.97 Å². The average Bonchev–Trinajstić information content (AvgIpc) is 2.26. The molecule has 100 valence electrons. The molecule has 1 unspecified atom stereocenters. The third-order valence-corrected chi connectivity index (χ3v) is 2.45. The average molecular weight is 245 g/mol. The Morgan fingerprint density at radius 1 is 1.35 bits per heavy atom. The number of nitrogens with zero attached hydrogens (tertiary/aromatic N) is 1. The van der Waals surface area contributed by atoms with Gasteiger partial charge in [-0.15, -0.1) is 0 Å². The van der Waals surface area contributed by atoms with Crippen molar-refractivity contribution in [2.24, 2.45) is 5.73 Å². The Morgan fingerprint density at radius 3 is 2.47 bits per heavy atom. The monoisotopic (exact) mass is 245 g/mol. The summed E-state index contributed by atoms with van der Waals surface area (Å²) < 4.78 is 0. The molecular formula is C11H23N3O3. The highest BCUT2D eigenvalue weighted by atomic mass is 16.4. The number of nitrogens with two attached hydrogens (primary N) is 1. The molecule has 0 bridgehead atoms. The van der Waals surface area contributed by atoms with Crippen molar-refractivity contribution in [2.45, 2.75) is 32.7 Å². The number of hydrogen-bond donors (Lipinski definition) is 3. The van der Waals surface area contributed by atoms with Crippen molar-refractivity contribution in [2.75, 3.05) is 26.2 Å². The Bertz CT molecular complexity index is 246. The van der Waals surface area contributed by atoms with Crippen LogP contribution in [-0.4, -0.2) is 54.1 Å². The standard InChI is InChI=1S/C11H23N3O3/c1-3-6-14(4-2)7-5-13-11(17)9(12)8-10(15)16/h9H,3-8,12H2,1-2H3,(H,13,17)(H,15,16). The van der Waals surface area contributed by atoms with Crippen molar-refractivity contribution in [3.05, 3.63) is 0 Å². The zero-order valence-electron chi connectivity index (χ0n) is 10.6. The molecule has 0 fully saturated rings. The number of aliphatic carboxylic acids is 1. The van der Waals surface area contributed by atoms with Crippen LogP contribution in [0.25, 0.3) is 0 Å².